The Bertz CT molecular complexity index is 437. The highest BCUT2D eigenvalue weighted by atomic mass is 79.9. The van der Waals surface area contributed by atoms with Crippen LogP contribution in [0.2, 0.25) is 0 Å². The first-order valence-electron chi connectivity index (χ1n) is 7.70. The second kappa shape index (κ2) is 8.51. The van der Waals surface area contributed by atoms with Crippen molar-refractivity contribution in [2.75, 3.05) is 26.2 Å². The van der Waals surface area contributed by atoms with Crippen molar-refractivity contribution in [2.24, 2.45) is 0 Å². The van der Waals surface area contributed by atoms with Gasteiger partial charge >= 0.3 is 0 Å². The van der Waals surface area contributed by atoms with E-state index in [1.807, 2.05) is 6.92 Å². The van der Waals surface area contributed by atoms with Crippen LogP contribution >= 0.6 is 31.9 Å². The van der Waals surface area contributed by atoms with Crippen molar-refractivity contribution in [3.8, 4) is 5.75 Å². The lowest BCUT2D eigenvalue weighted by molar-refractivity contribution is 0.206. The quantitative estimate of drug-likeness (QED) is 0.748. The summed E-state index contributed by atoms with van der Waals surface area (Å²) in [5.41, 5.74) is 1.27. The number of ether oxygens (including phenoxy) is 1. The van der Waals surface area contributed by atoms with Crippen molar-refractivity contribution < 1.29 is 4.74 Å². The Morgan fingerprint density at radius 2 is 1.81 bits per heavy atom. The van der Waals surface area contributed by atoms with Crippen molar-refractivity contribution in [1.82, 2.24) is 10.2 Å². The van der Waals surface area contributed by atoms with E-state index in [1.54, 1.807) is 0 Å². The topological polar surface area (TPSA) is 24.5 Å². The standard InChI is InChI=1S/C16H24Br2N2O/c1-3-20-7-5-13(6-8-20)19-11-12-9-14(17)16(21-4-2)15(18)10-12/h9-10,13,19H,3-8,11H2,1-2H3. The molecule has 0 atom stereocenters. The minimum atomic E-state index is 0.636. The highest BCUT2D eigenvalue weighted by Gasteiger charge is 2.17. The first kappa shape index (κ1) is 17.3. The van der Waals surface area contributed by atoms with Crippen LogP contribution in [0.25, 0.3) is 0 Å². The first-order valence-corrected chi connectivity index (χ1v) is 9.29. The molecule has 21 heavy (non-hydrogen) atoms. The molecule has 5 heteroatoms. The molecule has 3 nitrogen and oxygen atoms in total. The lowest BCUT2D eigenvalue weighted by atomic mass is 10.0. The van der Waals surface area contributed by atoms with E-state index in [9.17, 15) is 0 Å². The van der Waals surface area contributed by atoms with Crippen LogP contribution in [0.3, 0.4) is 0 Å². The number of nitrogens with zero attached hydrogens (tertiary/aromatic N) is 1. The number of benzene rings is 1. The molecule has 1 aromatic carbocycles. The van der Waals surface area contributed by atoms with E-state index in [0.29, 0.717) is 12.6 Å². The molecular formula is C16H24Br2N2O. The molecule has 0 spiro atoms. The monoisotopic (exact) mass is 418 g/mol. The zero-order valence-corrected chi connectivity index (χ0v) is 16.0. The molecule has 1 fully saturated rings. The zero-order chi connectivity index (χ0) is 15.2. The lowest BCUT2D eigenvalue weighted by Gasteiger charge is -2.31. The molecule has 1 heterocycles. The Morgan fingerprint density at radius 3 is 2.33 bits per heavy atom. The number of hydrogen-bond acceptors (Lipinski definition) is 3. The maximum absolute atomic E-state index is 5.62. The minimum absolute atomic E-state index is 0.636. The van der Waals surface area contributed by atoms with Crippen LogP contribution in [-0.4, -0.2) is 37.2 Å². The molecule has 1 aliphatic rings. The van der Waals surface area contributed by atoms with Crippen molar-refractivity contribution in [3.63, 3.8) is 0 Å². The molecule has 0 unspecified atom stereocenters. The van der Waals surface area contributed by atoms with Crippen molar-refractivity contribution in [3.05, 3.63) is 26.6 Å². The van der Waals surface area contributed by atoms with Crippen molar-refractivity contribution >= 4 is 31.9 Å². The molecule has 0 radical (unpaired) electrons. The molecule has 1 N–H and O–H groups in total. The number of hydrogen-bond donors (Lipinski definition) is 1. The molecule has 0 saturated carbocycles. The number of rotatable bonds is 6. The summed E-state index contributed by atoms with van der Waals surface area (Å²) in [6.45, 7) is 9.41. The summed E-state index contributed by atoms with van der Waals surface area (Å²) in [5.74, 6) is 0.887. The third-order valence-electron chi connectivity index (χ3n) is 3.98. The fourth-order valence-electron chi connectivity index (χ4n) is 2.71. The number of piperidine rings is 1. The Morgan fingerprint density at radius 1 is 1.19 bits per heavy atom. The highest BCUT2D eigenvalue weighted by Crippen LogP contribution is 2.34. The van der Waals surface area contributed by atoms with Crippen LogP contribution < -0.4 is 10.1 Å². The summed E-state index contributed by atoms with van der Waals surface area (Å²) >= 11 is 7.19. The van der Waals surface area contributed by atoms with Gasteiger partial charge in [-0.05, 0) is 89.0 Å². The van der Waals surface area contributed by atoms with Gasteiger partial charge in [0.05, 0.1) is 15.6 Å². The molecule has 1 aliphatic heterocycles. The Kier molecular flexibility index (Phi) is 6.99. The van der Waals surface area contributed by atoms with Gasteiger partial charge in [-0.3, -0.25) is 0 Å². The second-order valence-corrected chi connectivity index (χ2v) is 7.12. The lowest BCUT2D eigenvalue weighted by Crippen LogP contribution is -2.42. The maximum Gasteiger partial charge on any atom is 0.147 e. The average Bonchev–Trinajstić information content (AvgIpc) is 2.49. The van der Waals surface area contributed by atoms with Gasteiger partial charge in [0.1, 0.15) is 5.75 Å². The van der Waals surface area contributed by atoms with Gasteiger partial charge in [0.25, 0.3) is 0 Å². The zero-order valence-electron chi connectivity index (χ0n) is 12.8. The Balaban J connectivity index is 1.89. The van der Waals surface area contributed by atoms with Crippen LogP contribution in [0.1, 0.15) is 32.3 Å². The van der Waals surface area contributed by atoms with E-state index >= 15 is 0 Å². The normalized spacial score (nSPS) is 17.1. The van der Waals surface area contributed by atoms with Gasteiger partial charge in [0.15, 0.2) is 0 Å². The van der Waals surface area contributed by atoms with E-state index in [0.717, 1.165) is 21.2 Å². The van der Waals surface area contributed by atoms with Crippen LogP contribution in [0.5, 0.6) is 5.75 Å². The first-order chi connectivity index (χ1) is 10.1. The second-order valence-electron chi connectivity index (χ2n) is 5.41. The average molecular weight is 420 g/mol. The fraction of sp³-hybridized carbons (Fsp3) is 0.625. The molecule has 2 rings (SSSR count). The summed E-state index contributed by atoms with van der Waals surface area (Å²) in [6.07, 6.45) is 2.49. The number of halogens is 2. The predicted octanol–water partition coefficient (Wildman–Crippen LogP) is 4.18. The SMILES string of the molecule is CCOc1c(Br)cc(CNC2CCN(CC)CC2)cc1Br. The summed E-state index contributed by atoms with van der Waals surface area (Å²) < 4.78 is 7.64. The van der Waals surface area contributed by atoms with E-state index in [4.69, 9.17) is 4.74 Å². The van der Waals surface area contributed by atoms with Gasteiger partial charge in [-0.2, -0.15) is 0 Å². The molecule has 0 bridgehead atoms. The van der Waals surface area contributed by atoms with E-state index in [2.05, 4.69) is 61.1 Å². The highest BCUT2D eigenvalue weighted by molar-refractivity contribution is 9.11. The van der Waals surface area contributed by atoms with Crippen molar-refractivity contribution in [1.29, 1.82) is 0 Å². The van der Waals surface area contributed by atoms with E-state index in [1.165, 1.54) is 38.0 Å². The summed E-state index contributed by atoms with van der Waals surface area (Å²) in [5, 5.41) is 3.68. The number of nitrogens with one attached hydrogen (secondary N) is 1. The predicted molar refractivity (Wildman–Crippen MR) is 95.0 cm³/mol. The van der Waals surface area contributed by atoms with Crippen LogP contribution in [0.15, 0.2) is 21.1 Å². The third-order valence-corrected chi connectivity index (χ3v) is 5.15. The molecule has 0 aliphatic carbocycles. The number of likely N-dealkylation sites (tertiary alicyclic amines) is 1. The smallest absolute Gasteiger partial charge is 0.147 e. The van der Waals surface area contributed by atoms with E-state index < -0.39 is 0 Å². The third kappa shape index (κ3) is 4.95. The van der Waals surface area contributed by atoms with Crippen LogP contribution in [-0.2, 0) is 6.54 Å². The van der Waals surface area contributed by atoms with Gasteiger partial charge in [0, 0.05) is 12.6 Å². The largest absolute Gasteiger partial charge is 0.492 e. The molecule has 1 saturated heterocycles. The minimum Gasteiger partial charge on any atom is -0.492 e. The maximum atomic E-state index is 5.62. The molecule has 1 aromatic rings. The van der Waals surface area contributed by atoms with Gasteiger partial charge in [0.2, 0.25) is 0 Å². The Labute approximate surface area is 144 Å². The summed E-state index contributed by atoms with van der Waals surface area (Å²) in [7, 11) is 0. The summed E-state index contributed by atoms with van der Waals surface area (Å²) in [6, 6.07) is 4.92. The summed E-state index contributed by atoms with van der Waals surface area (Å²) in [4.78, 5) is 2.52. The van der Waals surface area contributed by atoms with Gasteiger partial charge in [-0.25, -0.2) is 0 Å². The van der Waals surface area contributed by atoms with Gasteiger partial charge in [-0.1, -0.05) is 6.92 Å². The van der Waals surface area contributed by atoms with Gasteiger partial charge in [-0.15, -0.1) is 0 Å². The molecule has 0 amide bonds. The van der Waals surface area contributed by atoms with Crippen LogP contribution in [0.4, 0.5) is 0 Å². The molecule has 118 valence electrons. The Hall–Kier alpha value is -0.100. The fourth-order valence-corrected chi connectivity index (χ4v) is 4.22. The molecule has 0 aromatic heterocycles. The van der Waals surface area contributed by atoms with E-state index in [-0.39, 0.29) is 0 Å². The van der Waals surface area contributed by atoms with Crippen LogP contribution in [0, 0.1) is 0 Å². The van der Waals surface area contributed by atoms with Crippen molar-refractivity contribution in [2.45, 2.75) is 39.3 Å². The molecular weight excluding hydrogens is 396 g/mol. The van der Waals surface area contributed by atoms with Gasteiger partial charge < -0.3 is 15.0 Å².